The van der Waals surface area contributed by atoms with E-state index in [9.17, 15) is 4.57 Å². The van der Waals surface area contributed by atoms with Crippen molar-refractivity contribution in [1.82, 2.24) is 4.90 Å². The molecule has 0 atom stereocenters. The van der Waals surface area contributed by atoms with Crippen LogP contribution in [0, 0.1) is 13.1 Å². The zero-order valence-corrected chi connectivity index (χ0v) is 13.8. The van der Waals surface area contributed by atoms with E-state index in [1.54, 1.807) is 12.2 Å². The Labute approximate surface area is 135 Å². The summed E-state index contributed by atoms with van der Waals surface area (Å²) in [6.07, 6.45) is 3.55. The molecule has 0 aromatic rings. The van der Waals surface area contributed by atoms with Crippen LogP contribution in [-0.2, 0) is 13.8 Å². The van der Waals surface area contributed by atoms with Gasteiger partial charge in [-0.05, 0) is 26.0 Å². The predicted octanol–water partition coefficient (Wildman–Crippen LogP) is 2.29. The van der Waals surface area contributed by atoms with Crippen LogP contribution < -0.4 is 0 Å². The molecule has 124 valence electrons. The first-order valence-corrected chi connectivity index (χ1v) is 8.22. The third-order valence-electron chi connectivity index (χ3n) is 3.00. The molecule has 0 radical (unpaired) electrons. The van der Waals surface area contributed by atoms with E-state index in [4.69, 9.17) is 27.7 Å². The molecule has 1 rings (SSSR count). The lowest BCUT2D eigenvalue weighted by Crippen LogP contribution is -2.26. The SMILES string of the molecule is [C-]#[N+]C([N+]#[C-])=C1C=C(C)N(CCOCCOP(=O)(O)O)C(C)=C1. The van der Waals surface area contributed by atoms with Crippen LogP contribution in [-0.4, -0.2) is 41.1 Å². The van der Waals surface area contributed by atoms with Gasteiger partial charge in [0.05, 0.1) is 25.4 Å². The monoisotopic (exact) mass is 339 g/mol. The summed E-state index contributed by atoms with van der Waals surface area (Å²) in [6, 6.07) is 0. The minimum atomic E-state index is -4.45. The Hall–Kier alpha value is -1.93. The van der Waals surface area contributed by atoms with Crippen molar-refractivity contribution in [2.75, 3.05) is 26.4 Å². The minimum absolute atomic E-state index is 0.0363. The molecule has 2 N–H and O–H groups in total. The van der Waals surface area contributed by atoms with Gasteiger partial charge in [0.25, 0.3) is 0 Å². The zero-order chi connectivity index (χ0) is 17.5. The number of hydrogen-bond donors (Lipinski definition) is 2. The molecule has 0 unspecified atom stereocenters. The Morgan fingerprint density at radius 3 is 2.22 bits per heavy atom. The Morgan fingerprint density at radius 2 is 1.74 bits per heavy atom. The zero-order valence-electron chi connectivity index (χ0n) is 12.9. The average Bonchev–Trinajstić information content (AvgIpc) is 2.45. The summed E-state index contributed by atoms with van der Waals surface area (Å²) in [5.74, 6) is 0.0363. The molecule has 0 spiro atoms. The molecule has 0 fully saturated rings. The summed E-state index contributed by atoms with van der Waals surface area (Å²) in [7, 11) is -4.45. The van der Waals surface area contributed by atoms with Crippen LogP contribution in [0.25, 0.3) is 9.69 Å². The van der Waals surface area contributed by atoms with Gasteiger partial charge in [0.2, 0.25) is 0 Å². The normalized spacial score (nSPS) is 14.7. The lowest BCUT2D eigenvalue weighted by Gasteiger charge is -2.29. The second-order valence-electron chi connectivity index (χ2n) is 4.66. The number of allylic oxidation sites excluding steroid dienone is 5. The van der Waals surface area contributed by atoms with Crippen molar-refractivity contribution in [1.29, 1.82) is 0 Å². The molecule has 0 aromatic heterocycles. The van der Waals surface area contributed by atoms with E-state index in [0.29, 0.717) is 18.7 Å². The first kappa shape index (κ1) is 19.1. The largest absolute Gasteiger partial charge is 0.526 e. The third kappa shape index (κ3) is 6.37. The summed E-state index contributed by atoms with van der Waals surface area (Å²) >= 11 is 0. The molecule has 1 heterocycles. The first-order valence-electron chi connectivity index (χ1n) is 6.69. The maximum atomic E-state index is 10.5. The van der Waals surface area contributed by atoms with E-state index >= 15 is 0 Å². The summed E-state index contributed by atoms with van der Waals surface area (Å²) in [5, 5.41) is 0. The lowest BCUT2D eigenvalue weighted by atomic mass is 10.1. The van der Waals surface area contributed by atoms with Gasteiger partial charge in [0.15, 0.2) is 0 Å². The molecule has 0 saturated carbocycles. The van der Waals surface area contributed by atoms with E-state index in [1.807, 2.05) is 18.7 Å². The maximum Gasteiger partial charge on any atom is 0.526 e. The molecule has 9 heteroatoms. The molecule has 1 aliphatic heterocycles. The molecule has 0 bridgehead atoms. The highest BCUT2D eigenvalue weighted by molar-refractivity contribution is 7.46. The highest BCUT2D eigenvalue weighted by Crippen LogP contribution is 2.35. The number of phosphoric ester groups is 1. The van der Waals surface area contributed by atoms with Crippen LogP contribution in [0.4, 0.5) is 0 Å². The molecule has 1 aliphatic rings. The van der Waals surface area contributed by atoms with Crippen molar-refractivity contribution in [3.63, 3.8) is 0 Å². The van der Waals surface area contributed by atoms with Crippen molar-refractivity contribution in [3.8, 4) is 0 Å². The summed E-state index contributed by atoms with van der Waals surface area (Å²) < 4.78 is 20.0. The van der Waals surface area contributed by atoms with Gasteiger partial charge in [0.1, 0.15) is 13.1 Å². The topological polar surface area (TPSA) is 88.0 Å². The van der Waals surface area contributed by atoms with Gasteiger partial charge in [0, 0.05) is 17.9 Å². The van der Waals surface area contributed by atoms with Crippen molar-refractivity contribution < 1.29 is 23.6 Å². The van der Waals surface area contributed by atoms with Gasteiger partial charge in [-0.1, -0.05) is 0 Å². The van der Waals surface area contributed by atoms with E-state index < -0.39 is 7.82 Å². The standard InChI is InChI=1S/C14H18N3O5P/c1-11-9-13(14(15-3)16-4)10-12(2)17(11)5-6-21-7-8-22-23(18,19)20/h9-10H,5-8H2,1-2H3,(H2,18,19,20). The van der Waals surface area contributed by atoms with Crippen molar-refractivity contribution in [3.05, 3.63) is 57.8 Å². The fourth-order valence-electron chi connectivity index (χ4n) is 2.03. The Balaban J connectivity index is 2.52. The first-order chi connectivity index (χ1) is 10.8. The van der Waals surface area contributed by atoms with Crippen LogP contribution in [0.15, 0.2) is 34.9 Å². The molecular formula is C14H18N3O5P. The number of phosphoric acid groups is 1. The van der Waals surface area contributed by atoms with Gasteiger partial charge in [-0.3, -0.25) is 4.52 Å². The van der Waals surface area contributed by atoms with Crippen molar-refractivity contribution >= 4 is 7.82 Å². The number of ether oxygens (including phenoxy) is 1. The Bertz CT molecular complexity index is 625. The van der Waals surface area contributed by atoms with Crippen LogP contribution in [0.3, 0.4) is 0 Å². The average molecular weight is 339 g/mol. The number of nitrogens with zero attached hydrogens (tertiary/aromatic N) is 3. The molecule has 23 heavy (non-hydrogen) atoms. The maximum absolute atomic E-state index is 10.5. The van der Waals surface area contributed by atoms with Gasteiger partial charge in [-0.25, -0.2) is 4.57 Å². The second kappa shape index (κ2) is 8.64. The van der Waals surface area contributed by atoms with Gasteiger partial charge in [-0.15, -0.1) is 0 Å². The predicted molar refractivity (Wildman–Crippen MR) is 83.3 cm³/mol. The van der Waals surface area contributed by atoms with Crippen molar-refractivity contribution in [2.24, 2.45) is 0 Å². The summed E-state index contributed by atoms with van der Waals surface area (Å²) in [4.78, 5) is 25.4. The smallest absolute Gasteiger partial charge is 0.377 e. The molecule has 0 saturated heterocycles. The van der Waals surface area contributed by atoms with E-state index in [-0.39, 0.29) is 19.0 Å². The summed E-state index contributed by atoms with van der Waals surface area (Å²) in [6.45, 7) is 18.5. The van der Waals surface area contributed by atoms with Crippen LogP contribution in [0.5, 0.6) is 0 Å². The van der Waals surface area contributed by atoms with E-state index in [0.717, 1.165) is 11.4 Å². The molecule has 0 amide bonds. The minimum Gasteiger partial charge on any atom is -0.377 e. The second-order valence-corrected chi connectivity index (χ2v) is 5.90. The Morgan fingerprint density at radius 1 is 1.17 bits per heavy atom. The third-order valence-corrected chi connectivity index (χ3v) is 3.52. The fraction of sp³-hybridized carbons (Fsp3) is 0.429. The molecule has 8 nitrogen and oxygen atoms in total. The van der Waals surface area contributed by atoms with E-state index in [1.165, 1.54) is 0 Å². The van der Waals surface area contributed by atoms with Crippen LogP contribution in [0.2, 0.25) is 0 Å². The quantitative estimate of drug-likeness (QED) is 0.420. The van der Waals surface area contributed by atoms with Gasteiger partial charge in [-0.2, -0.15) is 9.69 Å². The molecular weight excluding hydrogens is 321 g/mol. The summed E-state index contributed by atoms with van der Waals surface area (Å²) in [5.41, 5.74) is 2.37. The van der Waals surface area contributed by atoms with Crippen molar-refractivity contribution in [2.45, 2.75) is 13.8 Å². The highest BCUT2D eigenvalue weighted by Gasteiger charge is 2.19. The van der Waals surface area contributed by atoms with Gasteiger partial charge >= 0.3 is 13.6 Å². The van der Waals surface area contributed by atoms with Gasteiger partial charge < -0.3 is 19.4 Å². The molecule has 0 aromatic carbocycles. The number of hydrogen-bond acceptors (Lipinski definition) is 4. The fourth-order valence-corrected chi connectivity index (χ4v) is 2.35. The Kier molecular flexibility index (Phi) is 7.18. The molecule has 0 aliphatic carbocycles. The highest BCUT2D eigenvalue weighted by atomic mass is 31.2. The lowest BCUT2D eigenvalue weighted by molar-refractivity contribution is 0.0783. The van der Waals surface area contributed by atoms with E-state index in [2.05, 4.69) is 14.2 Å². The number of rotatable bonds is 7. The van der Waals surface area contributed by atoms with Crippen LogP contribution in [0.1, 0.15) is 13.8 Å². The van der Waals surface area contributed by atoms with Crippen LogP contribution >= 0.6 is 7.82 Å².